The smallest absolute Gasteiger partial charge is 0.313 e. The number of amides is 2. The molecule has 0 bridgehead atoms. The molecule has 6 heteroatoms. The summed E-state index contributed by atoms with van der Waals surface area (Å²) in [5.41, 5.74) is 0.270. The maximum absolute atomic E-state index is 12.9. The van der Waals surface area contributed by atoms with Crippen molar-refractivity contribution < 1.29 is 14.0 Å². The van der Waals surface area contributed by atoms with Crippen molar-refractivity contribution in [2.45, 2.75) is 13.8 Å². The molecule has 1 rings (SSSR count). The lowest BCUT2D eigenvalue weighted by Crippen LogP contribution is -2.37. The van der Waals surface area contributed by atoms with Crippen LogP contribution < -0.4 is 10.6 Å². The van der Waals surface area contributed by atoms with Gasteiger partial charge in [0.05, 0.1) is 5.02 Å². The second-order valence-electron chi connectivity index (χ2n) is 4.19. The Morgan fingerprint density at radius 2 is 2.00 bits per heavy atom. The van der Waals surface area contributed by atoms with Gasteiger partial charge in [0.1, 0.15) is 5.82 Å². The molecular formula is C12H14ClFN2O2. The van der Waals surface area contributed by atoms with Gasteiger partial charge < -0.3 is 10.6 Å². The number of carbonyl (C=O) groups is 2. The van der Waals surface area contributed by atoms with E-state index in [0.29, 0.717) is 6.54 Å². The molecule has 0 aliphatic heterocycles. The van der Waals surface area contributed by atoms with E-state index in [0.717, 1.165) is 6.07 Å². The molecule has 1 aromatic rings. The monoisotopic (exact) mass is 272 g/mol. The van der Waals surface area contributed by atoms with Gasteiger partial charge in [-0.3, -0.25) is 9.59 Å². The van der Waals surface area contributed by atoms with E-state index in [1.807, 2.05) is 13.8 Å². The van der Waals surface area contributed by atoms with Crippen LogP contribution in [0.4, 0.5) is 10.1 Å². The number of hydrogen-bond donors (Lipinski definition) is 2. The van der Waals surface area contributed by atoms with Crippen LogP contribution in [0.1, 0.15) is 13.8 Å². The van der Waals surface area contributed by atoms with Gasteiger partial charge in [0.2, 0.25) is 0 Å². The van der Waals surface area contributed by atoms with Crippen LogP contribution in [0, 0.1) is 11.7 Å². The molecule has 0 saturated carbocycles. The Bertz CT molecular complexity index is 463. The molecule has 0 fully saturated rings. The van der Waals surface area contributed by atoms with Gasteiger partial charge in [0.15, 0.2) is 0 Å². The average molecular weight is 273 g/mol. The largest absolute Gasteiger partial charge is 0.348 e. The number of nitrogens with one attached hydrogen (secondary N) is 2. The Morgan fingerprint density at radius 3 is 2.56 bits per heavy atom. The molecule has 2 amide bonds. The zero-order valence-corrected chi connectivity index (χ0v) is 10.8. The third-order valence-electron chi connectivity index (χ3n) is 2.05. The van der Waals surface area contributed by atoms with Crippen LogP contribution in [0.5, 0.6) is 0 Å². The van der Waals surface area contributed by atoms with E-state index in [1.54, 1.807) is 0 Å². The van der Waals surface area contributed by atoms with Gasteiger partial charge in [-0.15, -0.1) is 0 Å². The number of hydrogen-bond acceptors (Lipinski definition) is 2. The molecule has 0 saturated heterocycles. The van der Waals surface area contributed by atoms with Crippen LogP contribution in [-0.4, -0.2) is 18.4 Å². The lowest BCUT2D eigenvalue weighted by Gasteiger charge is -2.08. The first-order valence-corrected chi connectivity index (χ1v) is 5.82. The minimum Gasteiger partial charge on any atom is -0.348 e. The highest BCUT2D eigenvalue weighted by Crippen LogP contribution is 2.19. The molecule has 98 valence electrons. The van der Waals surface area contributed by atoms with Crippen molar-refractivity contribution in [2.75, 3.05) is 11.9 Å². The highest BCUT2D eigenvalue weighted by Gasteiger charge is 2.14. The maximum Gasteiger partial charge on any atom is 0.313 e. The molecule has 0 aliphatic rings. The zero-order chi connectivity index (χ0) is 13.7. The Balaban J connectivity index is 2.58. The van der Waals surface area contributed by atoms with E-state index in [1.165, 1.54) is 12.1 Å². The fourth-order valence-corrected chi connectivity index (χ4v) is 1.32. The van der Waals surface area contributed by atoms with Crippen LogP contribution in [0.25, 0.3) is 0 Å². The summed E-state index contributed by atoms with van der Waals surface area (Å²) in [6.07, 6.45) is 0. The first kappa shape index (κ1) is 14.4. The number of carbonyl (C=O) groups excluding carboxylic acids is 2. The topological polar surface area (TPSA) is 58.2 Å². The van der Waals surface area contributed by atoms with Crippen molar-refractivity contribution in [1.29, 1.82) is 0 Å². The van der Waals surface area contributed by atoms with E-state index in [4.69, 9.17) is 11.6 Å². The summed E-state index contributed by atoms with van der Waals surface area (Å²) in [7, 11) is 0. The van der Waals surface area contributed by atoms with Crippen LogP contribution in [0.15, 0.2) is 18.2 Å². The van der Waals surface area contributed by atoms with Crippen molar-refractivity contribution in [3.8, 4) is 0 Å². The van der Waals surface area contributed by atoms with E-state index in [9.17, 15) is 14.0 Å². The number of rotatable bonds is 3. The molecule has 0 aromatic heterocycles. The fourth-order valence-electron chi connectivity index (χ4n) is 1.14. The molecular weight excluding hydrogens is 259 g/mol. The minimum absolute atomic E-state index is 0.115. The van der Waals surface area contributed by atoms with E-state index >= 15 is 0 Å². The molecule has 0 atom stereocenters. The van der Waals surface area contributed by atoms with Gasteiger partial charge in [-0.05, 0) is 24.1 Å². The van der Waals surface area contributed by atoms with Gasteiger partial charge in [0, 0.05) is 12.2 Å². The summed E-state index contributed by atoms with van der Waals surface area (Å²) in [6, 6.07) is 3.68. The Kier molecular flexibility index (Phi) is 5.09. The van der Waals surface area contributed by atoms with Gasteiger partial charge in [0.25, 0.3) is 0 Å². The molecule has 4 nitrogen and oxygen atoms in total. The standard InChI is InChI=1S/C12H14ClFN2O2/c1-7(2)6-15-11(17)12(18)16-8-3-4-10(14)9(13)5-8/h3-5,7H,6H2,1-2H3,(H,15,17)(H,16,18). The van der Waals surface area contributed by atoms with Crippen molar-refractivity contribution in [3.05, 3.63) is 29.0 Å². The molecule has 0 unspecified atom stereocenters. The van der Waals surface area contributed by atoms with E-state index < -0.39 is 17.6 Å². The van der Waals surface area contributed by atoms with Gasteiger partial charge >= 0.3 is 11.8 Å². The molecule has 0 radical (unpaired) electrons. The van der Waals surface area contributed by atoms with Crippen LogP contribution in [0.3, 0.4) is 0 Å². The van der Waals surface area contributed by atoms with Gasteiger partial charge in [-0.2, -0.15) is 0 Å². The van der Waals surface area contributed by atoms with Crippen molar-refractivity contribution >= 4 is 29.1 Å². The predicted octanol–water partition coefficient (Wildman–Crippen LogP) is 2.19. The summed E-state index contributed by atoms with van der Waals surface area (Å²) in [6.45, 7) is 4.24. The third-order valence-corrected chi connectivity index (χ3v) is 2.34. The minimum atomic E-state index is -0.807. The number of benzene rings is 1. The molecule has 0 aliphatic carbocycles. The summed E-state index contributed by atoms with van der Waals surface area (Å²) >= 11 is 5.55. The molecule has 1 aromatic carbocycles. The highest BCUT2D eigenvalue weighted by molar-refractivity contribution is 6.39. The van der Waals surface area contributed by atoms with Crippen LogP contribution >= 0.6 is 11.6 Å². The van der Waals surface area contributed by atoms with Crippen molar-refractivity contribution in [3.63, 3.8) is 0 Å². The first-order valence-electron chi connectivity index (χ1n) is 5.44. The molecule has 0 spiro atoms. The second kappa shape index (κ2) is 6.35. The normalized spacial score (nSPS) is 10.3. The first-order chi connectivity index (χ1) is 8.40. The number of anilines is 1. The zero-order valence-electron chi connectivity index (χ0n) is 10.1. The third kappa shape index (κ3) is 4.33. The predicted molar refractivity (Wildman–Crippen MR) is 67.9 cm³/mol. The quantitative estimate of drug-likeness (QED) is 0.829. The van der Waals surface area contributed by atoms with Crippen LogP contribution in [0.2, 0.25) is 5.02 Å². The Morgan fingerprint density at radius 1 is 1.33 bits per heavy atom. The highest BCUT2D eigenvalue weighted by atomic mass is 35.5. The van der Waals surface area contributed by atoms with E-state index in [-0.39, 0.29) is 16.6 Å². The average Bonchev–Trinajstić information content (AvgIpc) is 2.30. The fraction of sp³-hybridized carbons (Fsp3) is 0.333. The summed E-state index contributed by atoms with van der Waals surface area (Å²) < 4.78 is 12.9. The second-order valence-corrected chi connectivity index (χ2v) is 4.59. The Labute approximate surface area is 110 Å². The summed E-state index contributed by atoms with van der Waals surface area (Å²) in [4.78, 5) is 22.8. The van der Waals surface area contributed by atoms with Gasteiger partial charge in [-0.1, -0.05) is 25.4 Å². The summed E-state index contributed by atoms with van der Waals surface area (Å²) in [5, 5.41) is 4.69. The lowest BCUT2D eigenvalue weighted by molar-refractivity contribution is -0.136. The van der Waals surface area contributed by atoms with Crippen molar-refractivity contribution in [1.82, 2.24) is 5.32 Å². The molecule has 18 heavy (non-hydrogen) atoms. The van der Waals surface area contributed by atoms with Crippen molar-refractivity contribution in [2.24, 2.45) is 5.92 Å². The number of halogens is 2. The van der Waals surface area contributed by atoms with E-state index in [2.05, 4.69) is 10.6 Å². The lowest BCUT2D eigenvalue weighted by atomic mass is 10.2. The van der Waals surface area contributed by atoms with Crippen LogP contribution in [-0.2, 0) is 9.59 Å². The Hall–Kier alpha value is -1.62. The molecule has 0 heterocycles. The SMILES string of the molecule is CC(C)CNC(=O)C(=O)Nc1ccc(F)c(Cl)c1. The maximum atomic E-state index is 12.9. The summed E-state index contributed by atoms with van der Waals surface area (Å²) in [5.74, 6) is -1.87. The van der Waals surface area contributed by atoms with Gasteiger partial charge in [-0.25, -0.2) is 4.39 Å². The molecule has 2 N–H and O–H groups in total.